The number of carbonyl (C=O) groups excluding carboxylic acids is 1. The summed E-state index contributed by atoms with van der Waals surface area (Å²) in [6.07, 6.45) is 3.49. The molecule has 0 atom stereocenters. The molecule has 0 fully saturated rings. The Morgan fingerprint density at radius 3 is 2.52 bits per heavy atom. The summed E-state index contributed by atoms with van der Waals surface area (Å²) in [5.74, 6) is 0.842. The minimum Gasteiger partial charge on any atom is -0.496 e. The molecular formula is C28H23NO2. The van der Waals surface area contributed by atoms with Crippen LogP contribution in [0, 0.1) is 0 Å². The molecule has 5 aromatic rings. The zero-order chi connectivity index (χ0) is 21.2. The van der Waals surface area contributed by atoms with Crippen LogP contribution in [0.25, 0.3) is 32.8 Å². The average molecular weight is 405 g/mol. The lowest BCUT2D eigenvalue weighted by atomic mass is 10.0. The molecule has 0 spiro atoms. The number of fused-ring (bicyclic) bond motifs is 2. The molecule has 5 rings (SSSR count). The predicted octanol–water partition coefficient (Wildman–Crippen LogP) is 6.26. The van der Waals surface area contributed by atoms with E-state index in [4.69, 9.17) is 4.74 Å². The van der Waals surface area contributed by atoms with Gasteiger partial charge in [-0.2, -0.15) is 0 Å². The van der Waals surface area contributed by atoms with Gasteiger partial charge in [-0.15, -0.1) is 0 Å². The van der Waals surface area contributed by atoms with Crippen molar-refractivity contribution in [2.45, 2.75) is 13.0 Å². The second-order valence-electron chi connectivity index (χ2n) is 7.77. The molecule has 0 unspecified atom stereocenters. The summed E-state index contributed by atoms with van der Waals surface area (Å²) in [7, 11) is 1.69. The van der Waals surface area contributed by atoms with E-state index in [0.717, 1.165) is 46.2 Å². The molecule has 31 heavy (non-hydrogen) atoms. The number of carbonyl (C=O) groups is 1. The third-order valence-electron chi connectivity index (χ3n) is 5.85. The summed E-state index contributed by atoms with van der Waals surface area (Å²) in [6.45, 7) is 0.758. The quantitative estimate of drug-likeness (QED) is 0.312. The molecule has 0 aliphatic carbocycles. The molecule has 0 amide bonds. The number of rotatable bonds is 6. The topological polar surface area (TPSA) is 31.2 Å². The van der Waals surface area contributed by atoms with E-state index in [9.17, 15) is 4.79 Å². The number of aldehydes is 1. The van der Waals surface area contributed by atoms with Gasteiger partial charge in [-0.05, 0) is 51.7 Å². The van der Waals surface area contributed by atoms with E-state index in [0.29, 0.717) is 6.42 Å². The SMILES string of the molecule is COc1ccccc1-c1ccc2c(c1)c(CC=O)cn2Cc1ccc2ccccc2c1. The van der Waals surface area contributed by atoms with Crippen LogP contribution < -0.4 is 4.74 Å². The lowest BCUT2D eigenvalue weighted by molar-refractivity contribution is -0.107. The number of para-hydroxylation sites is 1. The van der Waals surface area contributed by atoms with Gasteiger partial charge in [0.05, 0.1) is 7.11 Å². The molecule has 0 N–H and O–H groups in total. The molecule has 3 heteroatoms. The Morgan fingerprint density at radius 1 is 0.871 bits per heavy atom. The van der Waals surface area contributed by atoms with E-state index in [1.807, 2.05) is 18.2 Å². The normalized spacial score (nSPS) is 11.1. The Labute approximate surface area is 181 Å². The molecule has 0 aliphatic heterocycles. The van der Waals surface area contributed by atoms with Crippen molar-refractivity contribution in [1.82, 2.24) is 4.57 Å². The Bertz CT molecular complexity index is 1400. The summed E-state index contributed by atoms with van der Waals surface area (Å²) >= 11 is 0. The number of benzene rings is 4. The van der Waals surface area contributed by atoms with Crippen LogP contribution in [0.1, 0.15) is 11.1 Å². The van der Waals surface area contributed by atoms with Crippen molar-refractivity contribution in [3.63, 3.8) is 0 Å². The van der Waals surface area contributed by atoms with E-state index in [-0.39, 0.29) is 0 Å². The van der Waals surface area contributed by atoms with Crippen molar-refractivity contribution >= 4 is 28.0 Å². The lowest BCUT2D eigenvalue weighted by Crippen LogP contribution is -1.98. The minimum absolute atomic E-state index is 0.399. The van der Waals surface area contributed by atoms with Crippen LogP contribution in [0.3, 0.4) is 0 Å². The fourth-order valence-electron chi connectivity index (χ4n) is 4.34. The van der Waals surface area contributed by atoms with Gasteiger partial charge >= 0.3 is 0 Å². The summed E-state index contributed by atoms with van der Waals surface area (Å²) in [6, 6.07) is 29.4. The first-order valence-electron chi connectivity index (χ1n) is 10.4. The molecule has 0 bridgehead atoms. The minimum atomic E-state index is 0.399. The van der Waals surface area contributed by atoms with Crippen molar-refractivity contribution in [3.05, 3.63) is 102 Å². The summed E-state index contributed by atoms with van der Waals surface area (Å²) in [4.78, 5) is 11.4. The first-order chi connectivity index (χ1) is 15.3. The highest BCUT2D eigenvalue weighted by atomic mass is 16.5. The summed E-state index contributed by atoms with van der Waals surface area (Å²) < 4.78 is 7.79. The lowest BCUT2D eigenvalue weighted by Gasteiger charge is -2.10. The Morgan fingerprint density at radius 2 is 1.68 bits per heavy atom. The number of nitrogens with zero attached hydrogens (tertiary/aromatic N) is 1. The van der Waals surface area contributed by atoms with Crippen molar-refractivity contribution in [2.75, 3.05) is 7.11 Å². The van der Waals surface area contributed by atoms with Crippen molar-refractivity contribution in [2.24, 2.45) is 0 Å². The zero-order valence-electron chi connectivity index (χ0n) is 17.4. The maximum Gasteiger partial charge on any atom is 0.126 e. The van der Waals surface area contributed by atoms with Crippen LogP contribution >= 0.6 is 0 Å². The largest absolute Gasteiger partial charge is 0.496 e. The number of aromatic nitrogens is 1. The smallest absolute Gasteiger partial charge is 0.126 e. The van der Waals surface area contributed by atoms with Gasteiger partial charge < -0.3 is 14.1 Å². The predicted molar refractivity (Wildman–Crippen MR) is 127 cm³/mol. The van der Waals surface area contributed by atoms with Gasteiger partial charge in [-0.25, -0.2) is 0 Å². The average Bonchev–Trinajstić information content (AvgIpc) is 3.15. The van der Waals surface area contributed by atoms with E-state index in [1.165, 1.54) is 16.3 Å². The standard InChI is InChI=1S/C28H23NO2/c1-31-28-9-5-4-8-25(28)23-12-13-27-26(17-23)24(14-15-30)19-29(27)18-20-10-11-21-6-2-3-7-22(21)16-20/h2-13,15-17,19H,14,18H2,1H3. The van der Waals surface area contributed by atoms with E-state index in [1.54, 1.807) is 7.11 Å². The Hall–Kier alpha value is -3.85. The highest BCUT2D eigenvalue weighted by Crippen LogP contribution is 2.33. The molecule has 4 aromatic carbocycles. The van der Waals surface area contributed by atoms with Gasteiger partial charge in [0.25, 0.3) is 0 Å². The molecule has 0 aliphatic rings. The monoisotopic (exact) mass is 405 g/mol. The van der Waals surface area contributed by atoms with Gasteiger partial charge in [-0.1, -0.05) is 60.7 Å². The molecule has 1 aromatic heterocycles. The first-order valence-corrected chi connectivity index (χ1v) is 10.4. The molecule has 1 heterocycles. The van der Waals surface area contributed by atoms with Crippen molar-refractivity contribution in [1.29, 1.82) is 0 Å². The zero-order valence-corrected chi connectivity index (χ0v) is 17.4. The third-order valence-corrected chi connectivity index (χ3v) is 5.85. The summed E-state index contributed by atoms with van der Waals surface area (Å²) in [5.41, 5.74) is 5.54. The second-order valence-corrected chi connectivity index (χ2v) is 7.77. The van der Waals surface area contributed by atoms with Crippen LogP contribution in [-0.4, -0.2) is 18.0 Å². The van der Waals surface area contributed by atoms with E-state index >= 15 is 0 Å². The molecule has 0 radical (unpaired) electrons. The van der Waals surface area contributed by atoms with Crippen LogP contribution in [0.5, 0.6) is 5.75 Å². The number of hydrogen-bond donors (Lipinski definition) is 0. The molecular weight excluding hydrogens is 382 g/mol. The number of ether oxygens (including phenoxy) is 1. The van der Waals surface area contributed by atoms with Crippen molar-refractivity contribution < 1.29 is 9.53 Å². The summed E-state index contributed by atoms with van der Waals surface area (Å²) in [5, 5.41) is 3.59. The molecule has 0 saturated heterocycles. The number of methoxy groups -OCH3 is 1. The molecule has 0 saturated carbocycles. The van der Waals surface area contributed by atoms with Crippen molar-refractivity contribution in [3.8, 4) is 16.9 Å². The van der Waals surface area contributed by atoms with Gasteiger partial charge in [0.1, 0.15) is 12.0 Å². The molecule has 3 nitrogen and oxygen atoms in total. The fourth-order valence-corrected chi connectivity index (χ4v) is 4.34. The second kappa shape index (κ2) is 8.11. The van der Waals surface area contributed by atoms with Gasteiger partial charge in [0.15, 0.2) is 0 Å². The number of hydrogen-bond acceptors (Lipinski definition) is 2. The Kier molecular flexibility index (Phi) is 5.01. The third kappa shape index (κ3) is 3.59. The van der Waals surface area contributed by atoms with Crippen LogP contribution in [0.4, 0.5) is 0 Å². The van der Waals surface area contributed by atoms with Crippen LogP contribution in [0.2, 0.25) is 0 Å². The van der Waals surface area contributed by atoms with Crippen LogP contribution in [0.15, 0.2) is 91.1 Å². The van der Waals surface area contributed by atoms with E-state index < -0.39 is 0 Å². The maximum atomic E-state index is 11.4. The van der Waals surface area contributed by atoms with E-state index in [2.05, 4.69) is 77.5 Å². The van der Waals surface area contributed by atoms with Gasteiger partial charge in [0, 0.05) is 35.6 Å². The van der Waals surface area contributed by atoms with Crippen LogP contribution in [-0.2, 0) is 17.8 Å². The van der Waals surface area contributed by atoms with Gasteiger partial charge in [0.2, 0.25) is 0 Å². The first kappa shape index (κ1) is 19.1. The highest BCUT2D eigenvalue weighted by molar-refractivity contribution is 5.91. The van der Waals surface area contributed by atoms with Gasteiger partial charge in [-0.3, -0.25) is 0 Å². The maximum absolute atomic E-state index is 11.4. The molecule has 152 valence electrons. The Balaban J connectivity index is 1.59. The highest BCUT2D eigenvalue weighted by Gasteiger charge is 2.12. The fraction of sp³-hybridized carbons (Fsp3) is 0.107.